The fourth-order valence-electron chi connectivity index (χ4n) is 3.61. The molecule has 170 valence electrons. The molecule has 5 rings (SSSR count). The second kappa shape index (κ2) is 9.30. The lowest BCUT2D eigenvalue weighted by atomic mass is 10.2. The van der Waals surface area contributed by atoms with E-state index in [9.17, 15) is 9.59 Å². The Bertz CT molecular complexity index is 1240. The number of furan rings is 1. The molecule has 2 amide bonds. The monoisotopic (exact) mass is 483 g/mol. The van der Waals surface area contributed by atoms with Gasteiger partial charge >= 0.3 is 0 Å². The van der Waals surface area contributed by atoms with E-state index in [1.54, 1.807) is 23.5 Å². The van der Waals surface area contributed by atoms with Gasteiger partial charge in [0.2, 0.25) is 11.7 Å². The molecule has 1 N–H and O–H groups in total. The van der Waals surface area contributed by atoms with E-state index in [0.29, 0.717) is 54.3 Å². The largest absolute Gasteiger partial charge is 0.459 e. The first-order chi connectivity index (χ1) is 16.1. The third-order valence-electron chi connectivity index (χ3n) is 5.36. The topological polar surface area (TPSA) is 105 Å². The molecule has 9 nitrogen and oxygen atoms in total. The molecule has 0 aliphatic carbocycles. The summed E-state index contributed by atoms with van der Waals surface area (Å²) >= 11 is 2.87. The zero-order valence-corrected chi connectivity index (χ0v) is 19.4. The first-order valence-corrected chi connectivity index (χ1v) is 12.1. The highest BCUT2D eigenvalue weighted by Crippen LogP contribution is 2.29. The number of piperazine rings is 1. The smallest absolute Gasteiger partial charge is 0.291 e. The summed E-state index contributed by atoms with van der Waals surface area (Å²) in [5, 5.41) is 11.4. The van der Waals surface area contributed by atoms with Crippen LogP contribution in [0.4, 0.5) is 5.00 Å². The number of rotatable bonds is 6. The van der Waals surface area contributed by atoms with Crippen molar-refractivity contribution in [2.24, 2.45) is 0 Å². The minimum atomic E-state index is -0.336. The molecule has 4 aromatic rings. The molecule has 11 heteroatoms. The molecule has 0 aromatic carbocycles. The Kier molecular flexibility index (Phi) is 6.07. The molecule has 0 bridgehead atoms. The first-order valence-electron chi connectivity index (χ1n) is 10.4. The number of aromatic nitrogens is 2. The molecule has 0 atom stereocenters. The van der Waals surface area contributed by atoms with Crippen LogP contribution in [-0.2, 0) is 6.54 Å². The normalized spacial score (nSPS) is 14.5. The first kappa shape index (κ1) is 21.6. The summed E-state index contributed by atoms with van der Waals surface area (Å²) in [5.74, 6) is 1.05. The SMILES string of the molecule is Cc1cc(NC(=O)c2ccco2)sc1C(=O)N1CCN(Cc2nc(-c3ccsc3)no2)CC1. The minimum Gasteiger partial charge on any atom is -0.459 e. The van der Waals surface area contributed by atoms with Gasteiger partial charge in [-0.05, 0) is 42.1 Å². The van der Waals surface area contributed by atoms with Gasteiger partial charge in [-0.3, -0.25) is 14.5 Å². The summed E-state index contributed by atoms with van der Waals surface area (Å²) in [6.45, 7) is 5.08. The van der Waals surface area contributed by atoms with Gasteiger partial charge in [0.15, 0.2) is 5.76 Å². The molecular weight excluding hydrogens is 462 g/mol. The van der Waals surface area contributed by atoms with Crippen molar-refractivity contribution in [3.63, 3.8) is 0 Å². The number of amides is 2. The van der Waals surface area contributed by atoms with Crippen LogP contribution in [0.1, 0.15) is 31.7 Å². The molecule has 0 spiro atoms. The highest BCUT2D eigenvalue weighted by atomic mass is 32.1. The summed E-state index contributed by atoms with van der Waals surface area (Å²) < 4.78 is 10.5. The quantitative estimate of drug-likeness (QED) is 0.442. The molecule has 0 unspecified atom stereocenters. The van der Waals surface area contributed by atoms with Gasteiger partial charge < -0.3 is 19.2 Å². The van der Waals surface area contributed by atoms with Crippen LogP contribution in [0.25, 0.3) is 11.4 Å². The van der Waals surface area contributed by atoms with Gasteiger partial charge in [0.05, 0.1) is 22.7 Å². The molecule has 1 aliphatic heterocycles. The van der Waals surface area contributed by atoms with Crippen molar-refractivity contribution < 1.29 is 18.5 Å². The zero-order chi connectivity index (χ0) is 22.8. The summed E-state index contributed by atoms with van der Waals surface area (Å²) in [6, 6.07) is 7.03. The fourth-order valence-corrected chi connectivity index (χ4v) is 5.28. The van der Waals surface area contributed by atoms with E-state index >= 15 is 0 Å². The van der Waals surface area contributed by atoms with Crippen molar-refractivity contribution in [3.05, 3.63) is 63.4 Å². The average molecular weight is 484 g/mol. The van der Waals surface area contributed by atoms with Crippen molar-refractivity contribution in [1.82, 2.24) is 19.9 Å². The van der Waals surface area contributed by atoms with E-state index in [-0.39, 0.29) is 17.6 Å². The minimum absolute atomic E-state index is 0.0202. The Morgan fingerprint density at radius 2 is 2.06 bits per heavy atom. The maximum absolute atomic E-state index is 13.1. The van der Waals surface area contributed by atoms with E-state index in [1.807, 2.05) is 34.7 Å². The number of aryl methyl sites for hydroxylation is 1. The van der Waals surface area contributed by atoms with Gasteiger partial charge in [0, 0.05) is 37.1 Å². The summed E-state index contributed by atoms with van der Waals surface area (Å²) in [5.41, 5.74) is 1.80. The molecule has 1 aliphatic rings. The number of thiophene rings is 2. The second-order valence-corrected chi connectivity index (χ2v) is 9.48. The molecule has 0 saturated carbocycles. The highest BCUT2D eigenvalue weighted by Gasteiger charge is 2.26. The number of hydrogen-bond acceptors (Lipinski definition) is 9. The Balaban J connectivity index is 1.16. The van der Waals surface area contributed by atoms with Crippen molar-refractivity contribution >= 4 is 39.5 Å². The zero-order valence-electron chi connectivity index (χ0n) is 17.8. The second-order valence-electron chi connectivity index (χ2n) is 7.65. The number of anilines is 1. The van der Waals surface area contributed by atoms with Crippen LogP contribution in [0.5, 0.6) is 0 Å². The van der Waals surface area contributed by atoms with Crippen LogP contribution in [0.2, 0.25) is 0 Å². The van der Waals surface area contributed by atoms with Crippen LogP contribution >= 0.6 is 22.7 Å². The van der Waals surface area contributed by atoms with Crippen LogP contribution in [-0.4, -0.2) is 57.9 Å². The third-order valence-corrected chi connectivity index (χ3v) is 7.18. The molecule has 5 heterocycles. The number of carbonyl (C=O) groups is 2. The number of nitrogens with one attached hydrogen (secondary N) is 1. The fraction of sp³-hybridized carbons (Fsp3) is 0.273. The maximum atomic E-state index is 13.1. The van der Waals surface area contributed by atoms with Gasteiger partial charge in [-0.2, -0.15) is 16.3 Å². The standard InChI is InChI=1S/C22H21N5O4S2/c1-14-11-18(24-21(28)16-3-2-9-30-16)33-19(14)22(29)27-7-5-26(6-8-27)12-17-23-20(25-31-17)15-4-10-32-13-15/h2-4,9-11,13H,5-8,12H2,1H3,(H,24,28). The van der Waals surface area contributed by atoms with Gasteiger partial charge in [-0.15, -0.1) is 11.3 Å². The Labute approximate surface area is 197 Å². The van der Waals surface area contributed by atoms with Crippen LogP contribution in [0.3, 0.4) is 0 Å². The van der Waals surface area contributed by atoms with Crippen LogP contribution in [0.15, 0.2) is 50.2 Å². The van der Waals surface area contributed by atoms with Crippen molar-refractivity contribution in [2.45, 2.75) is 13.5 Å². The number of hydrogen-bond donors (Lipinski definition) is 1. The maximum Gasteiger partial charge on any atom is 0.291 e. The van der Waals surface area contributed by atoms with Crippen molar-refractivity contribution in [1.29, 1.82) is 0 Å². The average Bonchev–Trinajstić information content (AvgIpc) is 3.60. The van der Waals surface area contributed by atoms with Crippen LogP contribution in [0, 0.1) is 6.92 Å². The highest BCUT2D eigenvalue weighted by molar-refractivity contribution is 7.18. The van der Waals surface area contributed by atoms with E-state index in [4.69, 9.17) is 8.94 Å². The predicted octanol–water partition coefficient (Wildman–Crippen LogP) is 3.97. The van der Waals surface area contributed by atoms with E-state index in [0.717, 1.165) is 11.1 Å². The van der Waals surface area contributed by atoms with Crippen molar-refractivity contribution in [2.75, 3.05) is 31.5 Å². The summed E-state index contributed by atoms with van der Waals surface area (Å²) in [4.78, 5) is 34.5. The lowest BCUT2D eigenvalue weighted by Gasteiger charge is -2.33. The summed E-state index contributed by atoms with van der Waals surface area (Å²) in [6.07, 6.45) is 1.45. The molecule has 0 radical (unpaired) electrons. The van der Waals surface area contributed by atoms with E-state index in [1.165, 1.54) is 17.6 Å². The van der Waals surface area contributed by atoms with Gasteiger partial charge in [-0.25, -0.2) is 0 Å². The lowest BCUT2D eigenvalue weighted by molar-refractivity contribution is 0.0619. The summed E-state index contributed by atoms with van der Waals surface area (Å²) in [7, 11) is 0. The van der Waals surface area contributed by atoms with Gasteiger partial charge in [-0.1, -0.05) is 5.16 Å². The Hall–Kier alpha value is -3.28. The predicted molar refractivity (Wildman–Crippen MR) is 125 cm³/mol. The van der Waals surface area contributed by atoms with Crippen molar-refractivity contribution in [3.8, 4) is 11.4 Å². The van der Waals surface area contributed by atoms with Gasteiger partial charge in [0.1, 0.15) is 0 Å². The Morgan fingerprint density at radius 3 is 2.79 bits per heavy atom. The van der Waals surface area contributed by atoms with Gasteiger partial charge in [0.25, 0.3) is 11.8 Å². The number of carbonyl (C=O) groups excluding carboxylic acids is 2. The lowest BCUT2D eigenvalue weighted by Crippen LogP contribution is -2.48. The van der Waals surface area contributed by atoms with E-state index in [2.05, 4.69) is 20.4 Å². The molecule has 33 heavy (non-hydrogen) atoms. The molecule has 4 aromatic heterocycles. The van der Waals surface area contributed by atoms with E-state index < -0.39 is 0 Å². The van der Waals surface area contributed by atoms with Crippen LogP contribution < -0.4 is 5.32 Å². The molecule has 1 fully saturated rings. The third kappa shape index (κ3) is 4.75. The molecule has 1 saturated heterocycles. The number of nitrogens with zero attached hydrogens (tertiary/aromatic N) is 4. The Morgan fingerprint density at radius 1 is 1.21 bits per heavy atom. The molecular formula is C22H21N5O4S2.